The molecule has 2 aromatic heterocycles. The van der Waals surface area contributed by atoms with Crippen molar-refractivity contribution in [2.45, 2.75) is 25.5 Å². The minimum atomic E-state index is -0.353. The maximum Gasteiger partial charge on any atom is 0.355 e. The van der Waals surface area contributed by atoms with Crippen LogP contribution in [0.25, 0.3) is 0 Å². The number of nitrogens with two attached hydrogens (primary N) is 1. The van der Waals surface area contributed by atoms with Gasteiger partial charge in [-0.05, 0) is 31.0 Å². The highest BCUT2D eigenvalue weighted by molar-refractivity contribution is 5.89. The maximum atomic E-state index is 12.1. The molecule has 1 fully saturated rings. The summed E-state index contributed by atoms with van der Waals surface area (Å²) in [5, 5.41) is 0. The SMILES string of the molecule is Nc1cc(C(=O)OCc2ccccn2)n(C2CC2)c1. The third-order valence-electron chi connectivity index (χ3n) is 3.10. The van der Waals surface area contributed by atoms with E-state index in [1.165, 1.54) is 0 Å². The number of anilines is 1. The third-order valence-corrected chi connectivity index (χ3v) is 3.10. The van der Waals surface area contributed by atoms with Crippen LogP contribution in [0.2, 0.25) is 0 Å². The number of hydrogen-bond donors (Lipinski definition) is 1. The molecular formula is C14H15N3O2. The van der Waals surface area contributed by atoms with Crippen molar-refractivity contribution < 1.29 is 9.53 Å². The van der Waals surface area contributed by atoms with Crippen LogP contribution in [-0.2, 0) is 11.3 Å². The molecule has 2 heterocycles. The van der Waals surface area contributed by atoms with Gasteiger partial charge in [-0.1, -0.05) is 6.07 Å². The first-order valence-electron chi connectivity index (χ1n) is 6.28. The fraction of sp³-hybridized carbons (Fsp3) is 0.286. The van der Waals surface area contributed by atoms with Crippen LogP contribution in [0.15, 0.2) is 36.7 Å². The summed E-state index contributed by atoms with van der Waals surface area (Å²) >= 11 is 0. The maximum absolute atomic E-state index is 12.1. The van der Waals surface area contributed by atoms with Crippen molar-refractivity contribution in [3.8, 4) is 0 Å². The summed E-state index contributed by atoms with van der Waals surface area (Å²) in [7, 11) is 0. The summed E-state index contributed by atoms with van der Waals surface area (Å²) in [5.41, 5.74) is 7.60. The molecule has 0 radical (unpaired) electrons. The highest BCUT2D eigenvalue weighted by Crippen LogP contribution is 2.37. The van der Waals surface area contributed by atoms with Crippen LogP contribution in [0.5, 0.6) is 0 Å². The van der Waals surface area contributed by atoms with E-state index in [1.54, 1.807) is 18.5 Å². The molecule has 5 heteroatoms. The summed E-state index contributed by atoms with van der Waals surface area (Å²) < 4.78 is 7.18. The van der Waals surface area contributed by atoms with Crippen LogP contribution in [-0.4, -0.2) is 15.5 Å². The van der Waals surface area contributed by atoms with Gasteiger partial charge in [0, 0.05) is 18.4 Å². The van der Waals surface area contributed by atoms with E-state index in [2.05, 4.69) is 4.98 Å². The number of nitrogen functional groups attached to an aromatic ring is 1. The van der Waals surface area contributed by atoms with Crippen LogP contribution in [0.1, 0.15) is 35.1 Å². The number of carbonyl (C=O) groups is 1. The van der Waals surface area contributed by atoms with E-state index in [4.69, 9.17) is 10.5 Å². The Hall–Kier alpha value is -2.30. The van der Waals surface area contributed by atoms with Crippen molar-refractivity contribution in [2.75, 3.05) is 5.73 Å². The number of ether oxygens (including phenoxy) is 1. The number of aromatic nitrogens is 2. The minimum Gasteiger partial charge on any atom is -0.455 e. The molecule has 2 aromatic rings. The average Bonchev–Trinajstić information content (AvgIpc) is 3.20. The Morgan fingerprint density at radius 1 is 1.47 bits per heavy atom. The van der Waals surface area contributed by atoms with Gasteiger partial charge in [0.25, 0.3) is 0 Å². The molecule has 19 heavy (non-hydrogen) atoms. The van der Waals surface area contributed by atoms with Crippen molar-refractivity contribution in [3.05, 3.63) is 48.0 Å². The Bertz CT molecular complexity index is 588. The van der Waals surface area contributed by atoms with Crippen LogP contribution in [0.3, 0.4) is 0 Å². The Kier molecular flexibility index (Phi) is 2.95. The number of esters is 1. The Labute approximate surface area is 111 Å². The molecule has 1 aliphatic carbocycles. The molecule has 0 spiro atoms. The van der Waals surface area contributed by atoms with Gasteiger partial charge in [-0.25, -0.2) is 4.79 Å². The molecule has 1 saturated carbocycles. The Balaban J connectivity index is 1.70. The quantitative estimate of drug-likeness (QED) is 0.852. The van der Waals surface area contributed by atoms with E-state index in [0.29, 0.717) is 17.4 Å². The zero-order valence-corrected chi connectivity index (χ0v) is 10.5. The molecule has 0 amide bonds. The number of rotatable bonds is 4. The van der Waals surface area contributed by atoms with Crippen molar-refractivity contribution >= 4 is 11.7 Å². The lowest BCUT2D eigenvalue weighted by Gasteiger charge is -2.07. The highest BCUT2D eigenvalue weighted by Gasteiger charge is 2.28. The predicted octanol–water partition coefficient (Wildman–Crippen LogP) is 2.16. The molecular weight excluding hydrogens is 242 g/mol. The molecule has 0 bridgehead atoms. The zero-order chi connectivity index (χ0) is 13.2. The topological polar surface area (TPSA) is 70.1 Å². The first-order valence-corrected chi connectivity index (χ1v) is 6.28. The van der Waals surface area contributed by atoms with Crippen LogP contribution < -0.4 is 5.73 Å². The second kappa shape index (κ2) is 4.76. The van der Waals surface area contributed by atoms with Crippen molar-refractivity contribution in [3.63, 3.8) is 0 Å². The fourth-order valence-electron chi connectivity index (χ4n) is 2.02. The first kappa shape index (κ1) is 11.8. The molecule has 5 nitrogen and oxygen atoms in total. The Morgan fingerprint density at radius 3 is 3.00 bits per heavy atom. The molecule has 0 aromatic carbocycles. The van der Waals surface area contributed by atoms with E-state index in [1.807, 2.05) is 22.8 Å². The number of pyridine rings is 1. The number of hydrogen-bond acceptors (Lipinski definition) is 4. The summed E-state index contributed by atoms with van der Waals surface area (Å²) in [6.45, 7) is 0.176. The molecule has 3 rings (SSSR count). The van der Waals surface area contributed by atoms with Crippen molar-refractivity contribution in [2.24, 2.45) is 0 Å². The lowest BCUT2D eigenvalue weighted by Crippen LogP contribution is -2.11. The minimum absolute atomic E-state index is 0.176. The zero-order valence-electron chi connectivity index (χ0n) is 10.5. The fourth-order valence-corrected chi connectivity index (χ4v) is 2.02. The summed E-state index contributed by atoms with van der Waals surface area (Å²) in [6.07, 6.45) is 5.66. The largest absolute Gasteiger partial charge is 0.455 e. The van der Waals surface area contributed by atoms with Gasteiger partial charge in [-0.2, -0.15) is 0 Å². The molecule has 0 aliphatic heterocycles. The van der Waals surface area contributed by atoms with Gasteiger partial charge in [-0.3, -0.25) is 4.98 Å². The molecule has 0 atom stereocenters. The summed E-state index contributed by atoms with van der Waals surface area (Å²) in [5.74, 6) is -0.353. The second-order valence-electron chi connectivity index (χ2n) is 4.69. The normalized spacial score (nSPS) is 14.3. The standard InChI is InChI=1S/C14H15N3O2/c15-10-7-13(17(8-10)12-4-5-12)14(18)19-9-11-3-1-2-6-16-11/h1-3,6-8,12H,4-5,9,15H2. The molecule has 2 N–H and O–H groups in total. The van der Waals surface area contributed by atoms with Gasteiger partial charge >= 0.3 is 5.97 Å². The van der Waals surface area contributed by atoms with Gasteiger partial charge < -0.3 is 15.0 Å². The monoisotopic (exact) mass is 257 g/mol. The molecule has 1 aliphatic rings. The summed E-state index contributed by atoms with van der Waals surface area (Å²) in [6, 6.07) is 7.57. The van der Waals surface area contributed by atoms with E-state index in [9.17, 15) is 4.79 Å². The van der Waals surface area contributed by atoms with Crippen LogP contribution in [0, 0.1) is 0 Å². The lowest BCUT2D eigenvalue weighted by atomic mass is 10.3. The first-order chi connectivity index (χ1) is 9.24. The van der Waals surface area contributed by atoms with E-state index >= 15 is 0 Å². The highest BCUT2D eigenvalue weighted by atomic mass is 16.5. The molecule has 98 valence electrons. The average molecular weight is 257 g/mol. The van der Waals surface area contributed by atoms with E-state index < -0.39 is 0 Å². The van der Waals surface area contributed by atoms with Gasteiger partial charge in [0.2, 0.25) is 0 Å². The summed E-state index contributed by atoms with van der Waals surface area (Å²) in [4.78, 5) is 16.2. The smallest absolute Gasteiger partial charge is 0.355 e. The molecule has 0 saturated heterocycles. The van der Waals surface area contributed by atoms with Crippen molar-refractivity contribution in [1.82, 2.24) is 9.55 Å². The number of carbonyl (C=O) groups excluding carboxylic acids is 1. The third kappa shape index (κ3) is 2.59. The lowest BCUT2D eigenvalue weighted by molar-refractivity contribution is 0.0455. The molecule has 0 unspecified atom stereocenters. The predicted molar refractivity (Wildman–Crippen MR) is 70.5 cm³/mol. The van der Waals surface area contributed by atoms with Crippen LogP contribution in [0.4, 0.5) is 5.69 Å². The van der Waals surface area contributed by atoms with Crippen LogP contribution >= 0.6 is 0 Å². The van der Waals surface area contributed by atoms with Gasteiger partial charge in [0.05, 0.1) is 11.4 Å². The number of nitrogens with zero attached hydrogens (tertiary/aromatic N) is 2. The van der Waals surface area contributed by atoms with E-state index in [-0.39, 0.29) is 12.6 Å². The van der Waals surface area contributed by atoms with Gasteiger partial charge in [0.1, 0.15) is 12.3 Å². The van der Waals surface area contributed by atoms with Gasteiger partial charge in [-0.15, -0.1) is 0 Å². The second-order valence-corrected chi connectivity index (χ2v) is 4.69. The van der Waals surface area contributed by atoms with Crippen molar-refractivity contribution in [1.29, 1.82) is 0 Å². The van der Waals surface area contributed by atoms with Gasteiger partial charge in [0.15, 0.2) is 0 Å². The van der Waals surface area contributed by atoms with E-state index in [0.717, 1.165) is 18.5 Å². The Morgan fingerprint density at radius 2 is 2.32 bits per heavy atom.